The maximum absolute atomic E-state index is 12.1. The molecule has 1 fully saturated rings. The van der Waals surface area contributed by atoms with Gasteiger partial charge in [-0.3, -0.25) is 4.79 Å². The molecule has 7 heteroatoms. The molecule has 1 aliphatic carbocycles. The van der Waals surface area contributed by atoms with Crippen LogP contribution < -0.4 is 4.72 Å². The van der Waals surface area contributed by atoms with Crippen molar-refractivity contribution in [1.82, 2.24) is 9.03 Å². The van der Waals surface area contributed by atoms with Gasteiger partial charge in [0.25, 0.3) is 10.2 Å². The lowest BCUT2D eigenvalue weighted by atomic mass is 9.83. The molecule has 0 atom stereocenters. The van der Waals surface area contributed by atoms with Gasteiger partial charge >= 0.3 is 5.97 Å². The lowest BCUT2D eigenvalue weighted by Crippen LogP contribution is -2.59. The first-order valence-corrected chi connectivity index (χ1v) is 7.66. The molecule has 106 valence electrons. The lowest BCUT2D eigenvalue weighted by Gasteiger charge is -2.35. The summed E-state index contributed by atoms with van der Waals surface area (Å²) < 4.78 is 27.7. The van der Waals surface area contributed by atoms with Crippen molar-refractivity contribution in [2.24, 2.45) is 0 Å². The molecule has 0 radical (unpaired) electrons. The maximum atomic E-state index is 12.1. The van der Waals surface area contributed by atoms with Crippen LogP contribution in [0, 0.1) is 0 Å². The Morgan fingerprint density at radius 1 is 1.28 bits per heavy atom. The standard InChI is InChI=1S/C11H22N2O4S/c1-9(2)13(3)18(16,17)12-11(10(14)15)7-5-4-6-8-11/h9,12H,4-8H2,1-3H3,(H,14,15). The van der Waals surface area contributed by atoms with Crippen molar-refractivity contribution in [1.29, 1.82) is 0 Å². The average Bonchev–Trinajstić information content (AvgIpc) is 2.28. The first-order chi connectivity index (χ1) is 8.21. The Morgan fingerprint density at radius 2 is 1.78 bits per heavy atom. The average molecular weight is 278 g/mol. The molecule has 1 aliphatic rings. The molecule has 2 N–H and O–H groups in total. The highest BCUT2D eigenvalue weighted by atomic mass is 32.2. The second-order valence-electron chi connectivity index (χ2n) is 5.16. The Balaban J connectivity index is 2.94. The molecule has 0 bridgehead atoms. The molecule has 0 aliphatic heterocycles. The predicted molar refractivity (Wildman–Crippen MR) is 68.4 cm³/mol. The van der Waals surface area contributed by atoms with E-state index in [1.165, 1.54) is 7.05 Å². The highest BCUT2D eigenvalue weighted by Crippen LogP contribution is 2.29. The first kappa shape index (κ1) is 15.4. The normalized spacial score (nSPS) is 20.3. The molecule has 0 aromatic heterocycles. The topological polar surface area (TPSA) is 86.7 Å². The van der Waals surface area contributed by atoms with Crippen molar-refractivity contribution in [3.63, 3.8) is 0 Å². The molecule has 0 unspecified atom stereocenters. The van der Waals surface area contributed by atoms with E-state index in [0.717, 1.165) is 23.6 Å². The van der Waals surface area contributed by atoms with Crippen LogP contribution in [0.2, 0.25) is 0 Å². The van der Waals surface area contributed by atoms with E-state index in [1.54, 1.807) is 13.8 Å². The van der Waals surface area contributed by atoms with E-state index in [4.69, 9.17) is 0 Å². The summed E-state index contributed by atoms with van der Waals surface area (Å²) in [5.74, 6) is -1.08. The third kappa shape index (κ3) is 3.21. The summed E-state index contributed by atoms with van der Waals surface area (Å²) >= 11 is 0. The number of carboxylic acids is 1. The molecule has 0 aromatic rings. The van der Waals surface area contributed by atoms with E-state index in [-0.39, 0.29) is 6.04 Å². The van der Waals surface area contributed by atoms with Gasteiger partial charge in [0.05, 0.1) is 0 Å². The summed E-state index contributed by atoms with van der Waals surface area (Å²) in [6.45, 7) is 3.49. The van der Waals surface area contributed by atoms with E-state index in [0.29, 0.717) is 12.8 Å². The minimum atomic E-state index is -3.76. The molecule has 0 saturated heterocycles. The van der Waals surface area contributed by atoms with Crippen molar-refractivity contribution >= 4 is 16.2 Å². The zero-order chi connectivity index (χ0) is 14.0. The van der Waals surface area contributed by atoms with E-state index in [9.17, 15) is 18.3 Å². The van der Waals surface area contributed by atoms with E-state index in [1.807, 2.05) is 0 Å². The van der Waals surface area contributed by atoms with Crippen molar-refractivity contribution in [3.8, 4) is 0 Å². The number of aliphatic carboxylic acids is 1. The van der Waals surface area contributed by atoms with Crippen LogP contribution in [-0.2, 0) is 15.0 Å². The lowest BCUT2D eigenvalue weighted by molar-refractivity contribution is -0.145. The van der Waals surface area contributed by atoms with Crippen molar-refractivity contribution < 1.29 is 18.3 Å². The molecule has 0 amide bonds. The summed E-state index contributed by atoms with van der Waals surface area (Å²) in [5, 5.41) is 9.33. The molecule has 1 saturated carbocycles. The summed E-state index contributed by atoms with van der Waals surface area (Å²) in [4.78, 5) is 11.4. The smallest absolute Gasteiger partial charge is 0.324 e. The number of rotatable bonds is 5. The molecular weight excluding hydrogens is 256 g/mol. The summed E-state index contributed by atoms with van der Waals surface area (Å²) in [6, 6.07) is -0.211. The van der Waals surface area contributed by atoms with Crippen LogP contribution in [0.25, 0.3) is 0 Å². The van der Waals surface area contributed by atoms with Crippen LogP contribution in [0.15, 0.2) is 0 Å². The number of carbonyl (C=O) groups is 1. The van der Waals surface area contributed by atoms with Gasteiger partial charge in [-0.1, -0.05) is 19.3 Å². The Morgan fingerprint density at radius 3 is 2.17 bits per heavy atom. The molecule has 1 rings (SSSR count). The van der Waals surface area contributed by atoms with Gasteiger partial charge in [-0.2, -0.15) is 17.4 Å². The summed E-state index contributed by atoms with van der Waals surface area (Å²) in [6.07, 6.45) is 3.14. The number of nitrogens with one attached hydrogen (secondary N) is 1. The first-order valence-electron chi connectivity index (χ1n) is 6.21. The largest absolute Gasteiger partial charge is 0.480 e. The van der Waals surface area contributed by atoms with Gasteiger partial charge in [-0.25, -0.2) is 0 Å². The number of carboxylic acid groups (broad SMARTS) is 1. The Bertz CT molecular complexity index is 399. The van der Waals surface area contributed by atoms with Crippen molar-refractivity contribution in [2.75, 3.05) is 7.05 Å². The van der Waals surface area contributed by atoms with Crippen LogP contribution in [0.3, 0.4) is 0 Å². The van der Waals surface area contributed by atoms with Gasteiger partial charge in [0, 0.05) is 13.1 Å². The fourth-order valence-electron chi connectivity index (χ4n) is 2.11. The minimum Gasteiger partial charge on any atom is -0.480 e. The zero-order valence-corrected chi connectivity index (χ0v) is 12.0. The second kappa shape index (κ2) is 5.54. The quantitative estimate of drug-likeness (QED) is 0.784. The third-order valence-corrected chi connectivity index (χ3v) is 5.38. The predicted octanol–water partition coefficient (Wildman–Crippen LogP) is 0.948. The van der Waals surface area contributed by atoms with Crippen LogP contribution in [0.5, 0.6) is 0 Å². The molecule has 18 heavy (non-hydrogen) atoms. The van der Waals surface area contributed by atoms with Crippen molar-refractivity contribution in [3.05, 3.63) is 0 Å². The van der Waals surface area contributed by atoms with Gasteiger partial charge in [0.1, 0.15) is 5.54 Å². The Hall–Kier alpha value is -0.660. The van der Waals surface area contributed by atoms with Gasteiger partial charge in [-0.05, 0) is 26.7 Å². The van der Waals surface area contributed by atoms with Crippen LogP contribution >= 0.6 is 0 Å². The molecule has 6 nitrogen and oxygen atoms in total. The molecule has 0 heterocycles. The highest BCUT2D eigenvalue weighted by Gasteiger charge is 2.44. The number of hydrogen-bond acceptors (Lipinski definition) is 3. The third-order valence-electron chi connectivity index (χ3n) is 3.55. The monoisotopic (exact) mass is 278 g/mol. The van der Waals surface area contributed by atoms with Gasteiger partial charge in [0.2, 0.25) is 0 Å². The Labute approximate surface area is 109 Å². The van der Waals surface area contributed by atoms with Crippen LogP contribution in [0.1, 0.15) is 46.0 Å². The van der Waals surface area contributed by atoms with Gasteiger partial charge in [0.15, 0.2) is 0 Å². The maximum Gasteiger partial charge on any atom is 0.324 e. The van der Waals surface area contributed by atoms with Gasteiger partial charge in [-0.15, -0.1) is 0 Å². The van der Waals surface area contributed by atoms with Gasteiger partial charge < -0.3 is 5.11 Å². The van der Waals surface area contributed by atoms with Crippen LogP contribution in [-0.4, -0.2) is 42.4 Å². The number of nitrogens with zero attached hydrogens (tertiary/aromatic N) is 1. The van der Waals surface area contributed by atoms with E-state index < -0.39 is 21.7 Å². The number of hydrogen-bond donors (Lipinski definition) is 2. The second-order valence-corrected chi connectivity index (χ2v) is 6.90. The van der Waals surface area contributed by atoms with E-state index >= 15 is 0 Å². The minimum absolute atomic E-state index is 0.211. The fourth-order valence-corrected chi connectivity index (χ4v) is 3.60. The van der Waals surface area contributed by atoms with Crippen LogP contribution in [0.4, 0.5) is 0 Å². The zero-order valence-electron chi connectivity index (χ0n) is 11.1. The molecular formula is C11H22N2O4S. The summed E-state index contributed by atoms with van der Waals surface area (Å²) in [7, 11) is -2.31. The summed E-state index contributed by atoms with van der Waals surface area (Å²) in [5.41, 5.74) is -1.33. The highest BCUT2D eigenvalue weighted by molar-refractivity contribution is 7.87. The van der Waals surface area contributed by atoms with E-state index in [2.05, 4.69) is 4.72 Å². The SMILES string of the molecule is CC(C)N(C)S(=O)(=O)NC1(C(=O)O)CCCCC1. The fraction of sp³-hybridized carbons (Fsp3) is 0.909. The molecule has 0 spiro atoms. The van der Waals surface area contributed by atoms with Crippen molar-refractivity contribution in [2.45, 2.75) is 57.5 Å². The molecule has 0 aromatic carbocycles. The Kier molecular flexibility index (Phi) is 4.74.